The van der Waals surface area contributed by atoms with Gasteiger partial charge in [0.1, 0.15) is 5.75 Å². The van der Waals surface area contributed by atoms with Crippen molar-refractivity contribution in [3.05, 3.63) is 53.6 Å². The van der Waals surface area contributed by atoms with Crippen LogP contribution in [0.1, 0.15) is 61.0 Å². The van der Waals surface area contributed by atoms with E-state index in [0.717, 1.165) is 37.7 Å². The summed E-state index contributed by atoms with van der Waals surface area (Å²) in [5.74, 6) is 0.0532. The third kappa shape index (κ3) is 5.04. The predicted octanol–water partition coefficient (Wildman–Crippen LogP) is 3.46. The van der Waals surface area contributed by atoms with Crippen LogP contribution in [0.25, 0.3) is 0 Å². The van der Waals surface area contributed by atoms with Crippen molar-refractivity contribution in [1.82, 2.24) is 9.62 Å². The first-order valence-electron chi connectivity index (χ1n) is 11.2. The summed E-state index contributed by atoms with van der Waals surface area (Å²) < 4.78 is 32.8. The summed E-state index contributed by atoms with van der Waals surface area (Å²) in [7, 11) is -1.97. The Bertz CT molecular complexity index is 1140. The van der Waals surface area contributed by atoms with Gasteiger partial charge < -0.3 is 15.4 Å². The Kier molecular flexibility index (Phi) is 6.71. The molecule has 2 aliphatic rings. The van der Waals surface area contributed by atoms with Gasteiger partial charge in [-0.15, -0.1) is 0 Å². The first kappa shape index (κ1) is 23.3. The molecule has 1 fully saturated rings. The number of fused-ring (bicyclic) bond motifs is 1. The van der Waals surface area contributed by atoms with Crippen LogP contribution in [0.3, 0.4) is 0 Å². The Morgan fingerprint density at radius 2 is 1.82 bits per heavy atom. The van der Waals surface area contributed by atoms with Gasteiger partial charge in [-0.1, -0.05) is 25.3 Å². The van der Waals surface area contributed by atoms with Crippen LogP contribution < -0.4 is 15.4 Å². The van der Waals surface area contributed by atoms with E-state index in [1.54, 1.807) is 19.2 Å². The van der Waals surface area contributed by atoms with E-state index in [-0.39, 0.29) is 35.4 Å². The van der Waals surface area contributed by atoms with Crippen LogP contribution in [0.15, 0.2) is 47.4 Å². The van der Waals surface area contributed by atoms with E-state index in [1.165, 1.54) is 28.6 Å². The van der Waals surface area contributed by atoms with E-state index in [1.807, 2.05) is 13.0 Å². The van der Waals surface area contributed by atoms with Crippen LogP contribution >= 0.6 is 0 Å². The van der Waals surface area contributed by atoms with Gasteiger partial charge in [-0.05, 0) is 61.7 Å². The highest BCUT2D eigenvalue weighted by atomic mass is 32.2. The van der Waals surface area contributed by atoms with Gasteiger partial charge in [0.15, 0.2) is 6.61 Å². The first-order valence-corrected chi connectivity index (χ1v) is 12.7. The number of carbonyl (C=O) groups excluding carboxylic acids is 2. The quantitative estimate of drug-likeness (QED) is 0.671. The molecule has 1 aliphatic heterocycles. The average Bonchev–Trinajstić information content (AvgIpc) is 2.83. The van der Waals surface area contributed by atoms with Crippen molar-refractivity contribution in [2.45, 2.75) is 56.0 Å². The van der Waals surface area contributed by atoms with Gasteiger partial charge in [0.05, 0.1) is 16.6 Å². The maximum absolute atomic E-state index is 13.0. The molecule has 1 saturated carbocycles. The maximum Gasteiger partial charge on any atom is 0.262 e. The minimum Gasteiger partial charge on any atom is -0.482 e. The minimum atomic E-state index is -3.61. The molecule has 1 aliphatic carbocycles. The number of carbonyl (C=O) groups is 2. The van der Waals surface area contributed by atoms with Crippen molar-refractivity contribution in [1.29, 1.82) is 0 Å². The standard InChI is InChI=1S/C24H29N3O5S/c1-16(18-10-13-22-21(14-18)26-23(28)15-32-22)25-24(29)17-8-11-20(12-9-17)33(30,31)27(2)19-6-4-3-5-7-19/h8-14,16,19H,3-7,15H2,1-2H3,(H,25,29)(H,26,28). The van der Waals surface area contributed by atoms with Crippen molar-refractivity contribution < 1.29 is 22.7 Å². The molecule has 2 aromatic carbocycles. The van der Waals surface area contributed by atoms with Crippen LogP contribution in [-0.2, 0) is 14.8 Å². The molecule has 0 aromatic heterocycles. The molecule has 8 nitrogen and oxygen atoms in total. The fourth-order valence-corrected chi connectivity index (χ4v) is 5.73. The molecular weight excluding hydrogens is 442 g/mol. The van der Waals surface area contributed by atoms with Gasteiger partial charge in [0, 0.05) is 18.7 Å². The van der Waals surface area contributed by atoms with E-state index < -0.39 is 10.0 Å². The molecule has 2 aromatic rings. The lowest BCUT2D eigenvalue weighted by atomic mass is 9.96. The summed E-state index contributed by atoms with van der Waals surface area (Å²) in [6.07, 6.45) is 5.01. The number of anilines is 1. The number of nitrogens with zero attached hydrogens (tertiary/aromatic N) is 1. The molecule has 4 rings (SSSR count). The zero-order valence-corrected chi connectivity index (χ0v) is 19.7. The van der Waals surface area contributed by atoms with Crippen molar-refractivity contribution >= 4 is 27.5 Å². The SMILES string of the molecule is CC(NC(=O)c1ccc(S(=O)(=O)N(C)C2CCCCC2)cc1)c1ccc2c(c1)NC(=O)CO2. The number of benzene rings is 2. The second-order valence-corrected chi connectivity index (χ2v) is 10.6. The van der Waals surface area contributed by atoms with Crippen LogP contribution in [0.2, 0.25) is 0 Å². The Labute approximate surface area is 194 Å². The smallest absolute Gasteiger partial charge is 0.262 e. The van der Waals surface area contributed by atoms with Crippen molar-refractivity contribution in [3.63, 3.8) is 0 Å². The molecule has 9 heteroatoms. The third-order valence-corrected chi connectivity index (χ3v) is 8.29. The normalized spacial score (nSPS) is 17.6. The number of hydrogen-bond acceptors (Lipinski definition) is 5. The van der Waals surface area contributed by atoms with Gasteiger partial charge in [-0.25, -0.2) is 8.42 Å². The third-order valence-electron chi connectivity index (χ3n) is 6.37. The highest BCUT2D eigenvalue weighted by Gasteiger charge is 2.29. The number of ether oxygens (including phenoxy) is 1. The van der Waals surface area contributed by atoms with Gasteiger partial charge in [0.25, 0.3) is 11.8 Å². The van der Waals surface area contributed by atoms with Crippen LogP contribution in [0, 0.1) is 0 Å². The van der Waals surface area contributed by atoms with E-state index in [0.29, 0.717) is 17.0 Å². The van der Waals surface area contributed by atoms with E-state index >= 15 is 0 Å². The van der Waals surface area contributed by atoms with Crippen LogP contribution in [0.4, 0.5) is 5.69 Å². The van der Waals surface area contributed by atoms with E-state index in [9.17, 15) is 18.0 Å². The molecule has 0 bridgehead atoms. The highest BCUT2D eigenvalue weighted by molar-refractivity contribution is 7.89. The van der Waals surface area contributed by atoms with Crippen LogP contribution in [0.5, 0.6) is 5.75 Å². The minimum absolute atomic E-state index is 0.0131. The number of sulfonamides is 1. The number of hydrogen-bond donors (Lipinski definition) is 2. The lowest BCUT2D eigenvalue weighted by Gasteiger charge is -2.30. The Morgan fingerprint density at radius 3 is 2.52 bits per heavy atom. The highest BCUT2D eigenvalue weighted by Crippen LogP contribution is 2.31. The number of nitrogens with one attached hydrogen (secondary N) is 2. The molecule has 176 valence electrons. The zero-order valence-electron chi connectivity index (χ0n) is 18.8. The fourth-order valence-electron chi connectivity index (χ4n) is 4.32. The predicted molar refractivity (Wildman–Crippen MR) is 125 cm³/mol. The largest absolute Gasteiger partial charge is 0.482 e. The van der Waals surface area contributed by atoms with Gasteiger partial charge >= 0.3 is 0 Å². The van der Waals surface area contributed by atoms with E-state index in [4.69, 9.17) is 4.74 Å². The van der Waals surface area contributed by atoms with Crippen molar-refractivity contribution in [3.8, 4) is 5.75 Å². The summed E-state index contributed by atoms with van der Waals surface area (Å²) in [5.41, 5.74) is 1.75. The second kappa shape index (κ2) is 9.52. The second-order valence-electron chi connectivity index (χ2n) is 8.63. The Morgan fingerprint density at radius 1 is 1.12 bits per heavy atom. The van der Waals surface area contributed by atoms with E-state index in [2.05, 4.69) is 10.6 Å². The molecule has 1 unspecified atom stereocenters. The average molecular weight is 472 g/mol. The van der Waals surface area contributed by atoms with Crippen molar-refractivity contribution in [2.24, 2.45) is 0 Å². The Hall–Kier alpha value is -2.91. The molecule has 2 N–H and O–H groups in total. The lowest BCUT2D eigenvalue weighted by Crippen LogP contribution is -2.38. The van der Waals surface area contributed by atoms with Gasteiger partial charge in [-0.2, -0.15) is 4.31 Å². The molecule has 0 radical (unpaired) electrons. The summed E-state index contributed by atoms with van der Waals surface area (Å²) in [5, 5.41) is 5.67. The zero-order chi connectivity index (χ0) is 23.6. The summed E-state index contributed by atoms with van der Waals surface area (Å²) in [4.78, 5) is 24.5. The number of rotatable bonds is 6. The van der Waals surface area contributed by atoms with Gasteiger partial charge in [0.2, 0.25) is 10.0 Å². The lowest BCUT2D eigenvalue weighted by molar-refractivity contribution is -0.118. The molecule has 2 amide bonds. The summed E-state index contributed by atoms with van der Waals surface area (Å²) in [6, 6.07) is 11.1. The molecule has 33 heavy (non-hydrogen) atoms. The molecule has 0 saturated heterocycles. The number of amides is 2. The molecular formula is C24H29N3O5S. The summed E-state index contributed by atoms with van der Waals surface area (Å²) in [6.45, 7) is 1.82. The van der Waals surface area contributed by atoms with Gasteiger partial charge in [-0.3, -0.25) is 9.59 Å². The topological polar surface area (TPSA) is 105 Å². The molecule has 1 heterocycles. The van der Waals surface area contributed by atoms with Crippen molar-refractivity contribution in [2.75, 3.05) is 19.0 Å². The maximum atomic E-state index is 13.0. The van der Waals surface area contributed by atoms with Crippen LogP contribution in [-0.4, -0.2) is 44.2 Å². The summed E-state index contributed by atoms with van der Waals surface area (Å²) >= 11 is 0. The molecule has 0 spiro atoms. The molecule has 1 atom stereocenters. The fraction of sp³-hybridized carbons (Fsp3) is 0.417. The first-order chi connectivity index (χ1) is 15.8. The Balaban J connectivity index is 1.43. The monoisotopic (exact) mass is 471 g/mol.